The normalized spacial score (nSPS) is 39.8. The zero-order valence-electron chi connectivity index (χ0n) is 36.1. The first-order valence-electron chi connectivity index (χ1n) is 21.1. The van der Waals surface area contributed by atoms with Gasteiger partial charge in [-0.05, 0) is 74.0 Å². The van der Waals surface area contributed by atoms with Gasteiger partial charge in [0, 0.05) is 22.7 Å². The first-order valence-corrected chi connectivity index (χ1v) is 21.1. The molecule has 330 valence electrons. The molecule has 0 radical (unpaired) electrons. The van der Waals surface area contributed by atoms with Gasteiger partial charge in [-0.1, -0.05) is 64.8 Å². The van der Waals surface area contributed by atoms with Crippen molar-refractivity contribution in [3.8, 4) is 0 Å². The quantitative estimate of drug-likeness (QED) is 0.186. The summed E-state index contributed by atoms with van der Waals surface area (Å²) in [6.45, 7) is 17.1. The summed E-state index contributed by atoms with van der Waals surface area (Å²) >= 11 is 0. The van der Waals surface area contributed by atoms with Gasteiger partial charge in [0.25, 0.3) is 0 Å². The van der Waals surface area contributed by atoms with Gasteiger partial charge in [-0.2, -0.15) is 0 Å². The van der Waals surface area contributed by atoms with Crippen molar-refractivity contribution >= 4 is 35.8 Å². The Morgan fingerprint density at radius 1 is 0.661 bits per heavy atom. The third kappa shape index (κ3) is 9.28. The first kappa shape index (κ1) is 46.3. The molecule has 5 fully saturated rings. The number of hydrogen-bond donors (Lipinski definition) is 1. The van der Waals surface area contributed by atoms with E-state index < -0.39 is 94.4 Å². The second-order valence-corrected chi connectivity index (χ2v) is 19.0. The van der Waals surface area contributed by atoms with Gasteiger partial charge in [0.2, 0.25) is 0 Å². The van der Waals surface area contributed by atoms with Gasteiger partial charge in [-0.25, -0.2) is 9.59 Å². The molecule has 59 heavy (non-hydrogen) atoms. The summed E-state index contributed by atoms with van der Waals surface area (Å²) in [6.07, 6.45) is 3.01. The van der Waals surface area contributed by atoms with Crippen LogP contribution in [0.1, 0.15) is 105 Å². The van der Waals surface area contributed by atoms with Crippen LogP contribution in [0.15, 0.2) is 24.3 Å². The van der Waals surface area contributed by atoms with E-state index in [0.717, 1.165) is 56.1 Å². The Hall–Kier alpha value is -3.78. The maximum Gasteiger partial charge on any atom is 0.335 e. The number of carbonyl (C=O) groups is 6. The Labute approximate surface area is 348 Å². The van der Waals surface area contributed by atoms with E-state index in [0.29, 0.717) is 19.3 Å². The molecule has 5 rings (SSSR count). The molecule has 0 amide bonds. The SMILES string of the molecule is C=C1CC[C@H]2[C@@]3(C)CCC[C@]2(C)[C@H]1CO[C@@H](C(=O)OC)[C@H](CC(=O)O)C(=O)OC[C@]1(C)CCC[C@]2(C)[C@@H](CO[C@@H](C(=O)OC)[C@H](CC(=O)OC)C(=O)OC3)C(=C)CC[C@@H]12. The molecule has 4 aliphatic carbocycles. The van der Waals surface area contributed by atoms with E-state index in [2.05, 4.69) is 40.9 Å². The third-order valence-corrected chi connectivity index (χ3v) is 15.5. The predicted molar refractivity (Wildman–Crippen MR) is 212 cm³/mol. The van der Waals surface area contributed by atoms with Crippen molar-refractivity contribution in [1.29, 1.82) is 0 Å². The summed E-state index contributed by atoms with van der Waals surface area (Å²) in [4.78, 5) is 80.5. The lowest BCUT2D eigenvalue weighted by molar-refractivity contribution is -0.185. The third-order valence-electron chi connectivity index (χ3n) is 15.5. The number of rotatable bonds is 6. The van der Waals surface area contributed by atoms with Crippen molar-refractivity contribution in [1.82, 2.24) is 0 Å². The topological polar surface area (TPSA) is 187 Å². The fraction of sp³-hybridized carbons (Fsp3) is 0.778. The zero-order chi connectivity index (χ0) is 43.5. The van der Waals surface area contributed by atoms with Gasteiger partial charge in [-0.15, -0.1) is 0 Å². The predicted octanol–water partition coefficient (Wildman–Crippen LogP) is 6.03. The lowest BCUT2D eigenvalue weighted by atomic mass is 9.47. The number of carboxylic acids is 1. The minimum absolute atomic E-state index is 0.00528. The fourth-order valence-electron chi connectivity index (χ4n) is 12.2. The molecule has 1 N–H and O–H groups in total. The van der Waals surface area contributed by atoms with E-state index in [-0.39, 0.29) is 50.1 Å². The number of cyclic esters (lactones) is 2. The summed E-state index contributed by atoms with van der Waals surface area (Å²) < 4.78 is 40.3. The number of hydrogen-bond acceptors (Lipinski definition) is 13. The van der Waals surface area contributed by atoms with Crippen molar-refractivity contribution in [3.05, 3.63) is 24.3 Å². The van der Waals surface area contributed by atoms with Gasteiger partial charge in [0.05, 0.1) is 60.6 Å². The minimum Gasteiger partial charge on any atom is -0.481 e. The standard InChI is InChI=1S/C45H66O14/c1-26-12-15-33-43(4)17-11-18-44(33,5)30(26)22-56-36(40(51)54-8)28(20-34(46)47)38(49)58-24-42(3)16-10-19-45(6)31(27(2)13-14-32(42)45)23-57-37(41(52)55-9)29(21-35(48)53-7)39(50)59-25-43/h28-33,36-37H,1-2,10-25H2,3-9H3,(H,46,47)/t28-,29-,30-,31-,32-,33-,36+,37+,42-,43-,44+,45+/m0/s1. The van der Waals surface area contributed by atoms with Crippen molar-refractivity contribution in [2.75, 3.05) is 47.8 Å². The Kier molecular flexibility index (Phi) is 14.5. The highest BCUT2D eigenvalue weighted by molar-refractivity contribution is 5.88. The molecule has 0 aromatic carbocycles. The lowest BCUT2D eigenvalue weighted by Crippen LogP contribution is -2.55. The minimum atomic E-state index is -1.55. The molecular weight excluding hydrogens is 764 g/mol. The highest BCUT2D eigenvalue weighted by Crippen LogP contribution is 2.62. The molecule has 0 spiro atoms. The van der Waals surface area contributed by atoms with Gasteiger partial charge >= 0.3 is 35.8 Å². The molecule has 1 aliphatic heterocycles. The molecule has 12 atom stereocenters. The molecule has 0 unspecified atom stereocenters. The summed E-state index contributed by atoms with van der Waals surface area (Å²) in [7, 11) is 3.59. The van der Waals surface area contributed by atoms with Crippen LogP contribution in [0.25, 0.3) is 0 Å². The number of carboxylic acid groups (broad SMARTS) is 1. The Morgan fingerprint density at radius 2 is 1.07 bits per heavy atom. The van der Waals surface area contributed by atoms with E-state index in [1.807, 2.05) is 0 Å². The van der Waals surface area contributed by atoms with Crippen molar-refractivity contribution in [2.24, 2.45) is 57.2 Å². The largest absolute Gasteiger partial charge is 0.481 e. The van der Waals surface area contributed by atoms with Crippen molar-refractivity contribution < 1.29 is 67.0 Å². The monoisotopic (exact) mass is 830 g/mol. The highest BCUT2D eigenvalue weighted by Gasteiger charge is 2.58. The molecule has 14 heteroatoms. The van der Waals surface area contributed by atoms with E-state index in [1.54, 1.807) is 0 Å². The summed E-state index contributed by atoms with van der Waals surface area (Å²) in [5, 5.41) is 10.0. The zero-order valence-corrected chi connectivity index (χ0v) is 36.1. The smallest absolute Gasteiger partial charge is 0.335 e. The average molecular weight is 831 g/mol. The second kappa shape index (κ2) is 18.5. The number of ether oxygens (including phenoxy) is 7. The van der Waals surface area contributed by atoms with Gasteiger partial charge < -0.3 is 38.3 Å². The molecule has 5 aliphatic rings. The van der Waals surface area contributed by atoms with E-state index in [9.17, 15) is 33.9 Å². The summed E-state index contributed by atoms with van der Waals surface area (Å²) in [5.41, 5.74) is -0.213. The molecule has 0 aromatic rings. The Morgan fingerprint density at radius 3 is 1.44 bits per heavy atom. The molecule has 8 bridgehead atoms. The number of aliphatic carboxylic acids is 1. The molecule has 4 saturated carbocycles. The van der Waals surface area contributed by atoms with E-state index in [4.69, 9.17) is 33.2 Å². The summed E-state index contributed by atoms with van der Waals surface area (Å²) in [6, 6.07) is 0. The van der Waals surface area contributed by atoms with Crippen LogP contribution in [0.5, 0.6) is 0 Å². The fourth-order valence-corrected chi connectivity index (χ4v) is 12.2. The Balaban J connectivity index is 1.59. The molecule has 0 aromatic heterocycles. The van der Waals surface area contributed by atoms with Crippen molar-refractivity contribution in [3.63, 3.8) is 0 Å². The molecule has 1 saturated heterocycles. The van der Waals surface area contributed by atoms with Crippen LogP contribution >= 0.6 is 0 Å². The number of carbonyl (C=O) groups excluding carboxylic acids is 5. The van der Waals surface area contributed by atoms with Crippen LogP contribution in [-0.4, -0.2) is 101 Å². The van der Waals surface area contributed by atoms with Crippen LogP contribution in [0.2, 0.25) is 0 Å². The van der Waals surface area contributed by atoms with Gasteiger partial charge in [0.1, 0.15) is 11.8 Å². The molecule has 14 nitrogen and oxygen atoms in total. The number of methoxy groups -OCH3 is 3. The van der Waals surface area contributed by atoms with Crippen LogP contribution in [0.3, 0.4) is 0 Å². The van der Waals surface area contributed by atoms with E-state index >= 15 is 0 Å². The van der Waals surface area contributed by atoms with Crippen LogP contribution in [0, 0.1) is 57.2 Å². The average Bonchev–Trinajstić information content (AvgIpc) is 3.18. The van der Waals surface area contributed by atoms with Gasteiger partial charge in [0.15, 0.2) is 12.2 Å². The molecular formula is C45H66O14. The summed E-state index contributed by atoms with van der Waals surface area (Å²) in [5.74, 6) is -8.80. The van der Waals surface area contributed by atoms with Crippen LogP contribution in [-0.2, 0) is 61.9 Å². The lowest BCUT2D eigenvalue weighted by Gasteiger charge is -2.58. The molecule has 1 heterocycles. The maximum absolute atomic E-state index is 14.3. The Bertz CT molecular complexity index is 1660. The first-order chi connectivity index (χ1) is 27.8. The van der Waals surface area contributed by atoms with Crippen LogP contribution < -0.4 is 0 Å². The second-order valence-electron chi connectivity index (χ2n) is 19.0. The van der Waals surface area contributed by atoms with Crippen LogP contribution in [0.4, 0.5) is 0 Å². The van der Waals surface area contributed by atoms with Gasteiger partial charge in [-0.3, -0.25) is 19.2 Å². The number of esters is 5. The highest BCUT2D eigenvalue weighted by atomic mass is 16.6. The van der Waals surface area contributed by atoms with Crippen molar-refractivity contribution in [2.45, 2.75) is 117 Å². The van der Waals surface area contributed by atoms with E-state index in [1.165, 1.54) is 21.3 Å². The maximum atomic E-state index is 14.3.